The molecule has 38 heteroatoms. The van der Waals surface area contributed by atoms with E-state index in [0.717, 1.165) is 50.5 Å². The molecule has 2 bridgehead atoms. The van der Waals surface area contributed by atoms with Gasteiger partial charge in [0, 0.05) is 145 Å². The molecule has 718 valence electrons. The van der Waals surface area contributed by atoms with Gasteiger partial charge in [0.25, 0.3) is 17.7 Å². The molecule has 4 fully saturated rings. The summed E-state index contributed by atoms with van der Waals surface area (Å²) in [5.74, 6) is -7.82. The maximum absolute atomic E-state index is 14.9. The van der Waals surface area contributed by atoms with Crippen molar-refractivity contribution in [3.8, 4) is 33.6 Å². The standard InChI is InChI=1S/C95H130N20O18/c1-58-18-11-10-12-19-59(2)79(125-7)48-71-26-23-63(6)95(124,133-71)88(121)91(122)113-31-15-13-22-75(113)92(123)131-80(49-77(117)60(3)43-62(5)86(120)87(127-9)85(119)61(4)42-58)72(96)44-64-24-27-74(81(45-64)126-8)115-76(52-104-108-115)66-21-17-20-65(46-66)68-50-100-94(101-51-68)111-34-33-110(70(55-111)56-116)53-69-54-112(109-106-69)35-37-129-39-41-130-40-38-128-36-29-82(118)99-30-14-16-32-114-90-83(89(97)102-57-103-90)84(107-114)67-25-28-78-73(47-67)105-93(98)132-78/h10-12,17-21,25,28,43,46-47,50-52,54,57-58,60-61,63-64,70-72,74-75,79-81,86-87,116,120,124H,13-16,22-24,26-27,29-42,44-45,48-49,53,55-56,96H2,1-9H3,(H2,98,105)(H,99,118)(H2,97,102,103)/b12-10?,18-11+,59-19?,62-43+/t58-,60-,61-,63-,64+,70?,71+,72-,74+,75+,79+,80+,81-,86-,87+,95-/m1/s1. The number of benzene rings is 2. The van der Waals surface area contributed by atoms with Gasteiger partial charge in [-0.15, -0.1) is 10.2 Å². The number of nitrogens with zero attached hydrogens (tertiary/aromatic N) is 16. The van der Waals surface area contributed by atoms with Crippen molar-refractivity contribution < 1.29 is 86.4 Å². The number of methoxy groups -OCH3 is 3. The number of hydrogen-bond donors (Lipinski definition) is 7. The van der Waals surface area contributed by atoms with Crippen molar-refractivity contribution in [1.29, 1.82) is 0 Å². The number of carbonyl (C=O) groups is 6. The first kappa shape index (κ1) is 99.6. The molecule has 1 aliphatic carbocycles. The first-order chi connectivity index (χ1) is 64.2. The van der Waals surface area contributed by atoms with Crippen molar-refractivity contribution in [3.05, 3.63) is 127 Å². The fourth-order valence-corrected chi connectivity index (χ4v) is 18.6. The zero-order chi connectivity index (χ0) is 94.4. The second-order valence-corrected chi connectivity index (χ2v) is 35.8. The van der Waals surface area contributed by atoms with Crippen LogP contribution in [0.15, 0.2) is 126 Å². The van der Waals surface area contributed by atoms with Crippen LogP contribution in [-0.4, -0.2) is 286 Å². The number of oxazole rings is 1. The highest BCUT2D eigenvalue weighted by Gasteiger charge is 2.53. The molecule has 1 saturated carbocycles. The number of piperazine rings is 1. The predicted molar refractivity (Wildman–Crippen MR) is 493 cm³/mol. The van der Waals surface area contributed by atoms with Crippen LogP contribution in [-0.2, 0) is 86.3 Å². The number of hydrogen-bond acceptors (Lipinski definition) is 33. The Morgan fingerprint density at radius 2 is 1.56 bits per heavy atom. The fourth-order valence-electron chi connectivity index (χ4n) is 18.6. The van der Waals surface area contributed by atoms with Crippen LogP contribution < -0.4 is 27.4 Å². The first-order valence-corrected chi connectivity index (χ1v) is 46.4. The summed E-state index contributed by atoms with van der Waals surface area (Å²) >= 11 is 0. The number of anilines is 3. The van der Waals surface area contributed by atoms with Crippen LogP contribution in [0, 0.1) is 29.6 Å². The Morgan fingerprint density at radius 3 is 2.33 bits per heavy atom. The summed E-state index contributed by atoms with van der Waals surface area (Å²) in [5.41, 5.74) is 27.7. The summed E-state index contributed by atoms with van der Waals surface area (Å²) < 4.78 is 58.5. The largest absolute Gasteiger partial charge is 0.459 e. The molecule has 6 aromatic heterocycles. The molecular formula is C95H130N20O18. The van der Waals surface area contributed by atoms with Crippen LogP contribution in [0.2, 0.25) is 0 Å². The normalized spacial score (nSPS) is 26.6. The topological polar surface area (TPSA) is 494 Å². The van der Waals surface area contributed by atoms with Gasteiger partial charge in [0.15, 0.2) is 17.0 Å². The van der Waals surface area contributed by atoms with Crippen LogP contribution in [0.1, 0.15) is 150 Å². The Balaban J connectivity index is 0.557. The molecule has 0 spiro atoms. The lowest BCUT2D eigenvalue weighted by Gasteiger charge is -2.42. The van der Waals surface area contributed by atoms with Crippen LogP contribution >= 0.6 is 0 Å². The molecule has 10 N–H and O–H groups in total. The average molecular weight is 1840 g/mol. The number of allylic oxidation sites excluding steroid dienone is 6. The smallest absolute Gasteiger partial charge is 0.329 e. The molecule has 5 aliphatic rings. The number of nitrogens with one attached hydrogen (secondary N) is 1. The minimum absolute atomic E-state index is 0.0149. The molecular weight excluding hydrogens is 1710 g/mol. The minimum atomic E-state index is -2.51. The number of aromatic nitrogens is 13. The molecule has 8 aromatic rings. The van der Waals surface area contributed by atoms with E-state index in [1.54, 1.807) is 82.0 Å². The third-order valence-corrected chi connectivity index (χ3v) is 26.3. The number of fused-ring (bicyclic) bond motifs is 5. The van der Waals surface area contributed by atoms with E-state index in [0.29, 0.717) is 182 Å². The Labute approximate surface area is 774 Å². The molecule has 4 aliphatic heterocycles. The van der Waals surface area contributed by atoms with Gasteiger partial charge >= 0.3 is 5.97 Å². The predicted octanol–water partition coefficient (Wildman–Crippen LogP) is 7.89. The maximum Gasteiger partial charge on any atom is 0.329 e. The second-order valence-electron chi connectivity index (χ2n) is 35.8. The quantitative estimate of drug-likeness (QED) is 0.00939. The highest BCUT2D eigenvalue weighted by molar-refractivity contribution is 6.39. The lowest BCUT2D eigenvalue weighted by atomic mass is 9.79. The van der Waals surface area contributed by atoms with Crippen molar-refractivity contribution in [2.45, 2.75) is 224 Å². The number of aryl methyl sites for hydroxylation is 1. The van der Waals surface area contributed by atoms with Gasteiger partial charge in [-0.05, 0) is 144 Å². The number of Topliss-reactive ketones (excluding diaryl/α,β-unsaturated/α-hetero) is 3. The summed E-state index contributed by atoms with van der Waals surface area (Å²) in [5, 5.41) is 60.9. The highest BCUT2D eigenvalue weighted by atomic mass is 16.6. The zero-order valence-corrected chi connectivity index (χ0v) is 77.6. The number of carbonyl (C=O) groups excluding carboxylic acids is 6. The molecule has 16 atom stereocenters. The molecule has 0 radical (unpaired) electrons. The molecule has 38 nitrogen and oxygen atoms in total. The number of unbranched alkanes of at least 4 members (excludes halogenated alkanes) is 1. The third kappa shape index (κ3) is 25.4. The van der Waals surface area contributed by atoms with E-state index >= 15 is 0 Å². The van der Waals surface area contributed by atoms with Gasteiger partial charge in [-0.25, -0.2) is 38.8 Å². The number of nitrogen functional groups attached to an aromatic ring is 2. The van der Waals surface area contributed by atoms with Gasteiger partial charge in [-0.1, -0.05) is 92.8 Å². The molecule has 13 rings (SSSR count). The average Bonchev–Trinajstić information content (AvgIpc) is 1.74. The highest BCUT2D eigenvalue weighted by Crippen LogP contribution is 2.42. The number of ketones is 3. The monoisotopic (exact) mass is 1840 g/mol. The number of rotatable bonds is 31. The van der Waals surface area contributed by atoms with E-state index in [4.69, 9.17) is 74.6 Å². The summed E-state index contributed by atoms with van der Waals surface area (Å²) in [7, 11) is 4.58. The van der Waals surface area contributed by atoms with Gasteiger partial charge < -0.3 is 89.9 Å². The Kier molecular flexibility index (Phi) is 35.5. The molecule has 3 saturated heterocycles. The van der Waals surface area contributed by atoms with Crippen molar-refractivity contribution in [1.82, 2.24) is 79.8 Å². The van der Waals surface area contributed by atoms with Gasteiger partial charge in [-0.3, -0.25) is 28.9 Å². The van der Waals surface area contributed by atoms with E-state index in [2.05, 4.69) is 50.7 Å². The SMILES string of the molecule is CO[C@H]1C[C@@H]2CC[C@@H](C)[C@@](O)(O2)C(=O)C(=O)N2CCCC[C@H]2C(=O)O[C@H]([C@H](N)C[C@@H]2CC[C@H](n3nncc3-c3cccc(-c4cnc(N5CCN(Cc6cn(CCOCCOCCOCCC(=O)NCCCCn7nc(-c8ccc9oc(N)nc9c8)c8c(N)ncnc87)nn6)C(CO)C5)nc4)c3)[C@H](OC)C2)CC(=O)[C@H](C)/C=C(\C)[C@@H](O)[C@@H](OC)C(=O)[C@H](C)C[C@H](C)/C=C/C=CC=C1C. The van der Waals surface area contributed by atoms with Gasteiger partial charge in [0.1, 0.15) is 53.5 Å². The number of ether oxygens (including phenoxy) is 8. The molecule has 2 amide bonds. The number of esters is 1. The third-order valence-electron chi connectivity index (χ3n) is 26.3. The molecule has 2 aromatic carbocycles. The molecule has 1 unspecified atom stereocenters. The van der Waals surface area contributed by atoms with Crippen molar-refractivity contribution in [2.24, 2.45) is 35.3 Å². The van der Waals surface area contributed by atoms with E-state index in [1.807, 2.05) is 91.5 Å². The second kappa shape index (κ2) is 47.3. The van der Waals surface area contributed by atoms with E-state index in [9.17, 15) is 44.1 Å². The van der Waals surface area contributed by atoms with Crippen LogP contribution in [0.5, 0.6) is 0 Å². The molecule has 10 heterocycles. The van der Waals surface area contributed by atoms with E-state index in [1.165, 1.54) is 13.4 Å². The van der Waals surface area contributed by atoms with E-state index < -0.39 is 83.8 Å². The van der Waals surface area contributed by atoms with Crippen LogP contribution in [0.4, 0.5) is 17.8 Å². The number of nitrogens with two attached hydrogens (primary N) is 3. The maximum atomic E-state index is 14.9. The fraction of sp³-hybridized carbons (Fsp3) is 0.579. The lowest BCUT2D eigenvalue weighted by Crippen LogP contribution is -2.61. The number of piperidine rings is 1. The number of amides is 2. The Bertz CT molecular complexity index is 5360. The van der Waals surface area contributed by atoms with E-state index in [-0.39, 0.29) is 105 Å². The summed E-state index contributed by atoms with van der Waals surface area (Å²) in [4.78, 5) is 113. The first-order valence-electron chi connectivity index (χ1n) is 46.4. The summed E-state index contributed by atoms with van der Waals surface area (Å²) in [6.07, 6.45) is 20.4. The summed E-state index contributed by atoms with van der Waals surface area (Å²) in [6.45, 7) is 16.4. The van der Waals surface area contributed by atoms with Crippen molar-refractivity contribution in [3.63, 3.8) is 0 Å². The number of aliphatic hydroxyl groups excluding tert-OH is 2. The van der Waals surface area contributed by atoms with Gasteiger partial charge in [0.05, 0.1) is 106 Å². The lowest BCUT2D eigenvalue weighted by molar-refractivity contribution is -0.265. The summed E-state index contributed by atoms with van der Waals surface area (Å²) in [6, 6.07) is 10.9. The van der Waals surface area contributed by atoms with Crippen molar-refractivity contribution >= 4 is 75.0 Å². The van der Waals surface area contributed by atoms with Gasteiger partial charge in [0.2, 0.25) is 17.6 Å². The van der Waals surface area contributed by atoms with Crippen LogP contribution in [0.25, 0.3) is 55.8 Å². The number of cyclic esters (lactones) is 1. The number of aliphatic hydroxyl groups is 3. The van der Waals surface area contributed by atoms with Crippen LogP contribution in [0.3, 0.4) is 0 Å². The Morgan fingerprint density at radius 1 is 0.774 bits per heavy atom. The molecule has 133 heavy (non-hydrogen) atoms. The zero-order valence-electron chi connectivity index (χ0n) is 77.6. The minimum Gasteiger partial charge on any atom is -0.459 e. The van der Waals surface area contributed by atoms with Gasteiger partial charge in [-0.2, -0.15) is 10.1 Å². The Hall–Kier alpha value is -10.9. The van der Waals surface area contributed by atoms with Crippen molar-refractivity contribution in [2.75, 3.05) is 117 Å².